The summed E-state index contributed by atoms with van der Waals surface area (Å²) in [5, 5.41) is 18.0. The number of aromatic amines is 1. The molecular formula is C8H13N3O2. The molecule has 5 heteroatoms. The van der Waals surface area contributed by atoms with Crippen LogP contribution < -0.4 is 5.32 Å². The summed E-state index contributed by atoms with van der Waals surface area (Å²) in [5.41, 5.74) is 0.773. The zero-order valence-corrected chi connectivity index (χ0v) is 7.66. The number of aromatic nitrogens is 2. The van der Waals surface area contributed by atoms with Gasteiger partial charge in [0.05, 0.1) is 0 Å². The van der Waals surface area contributed by atoms with Crippen molar-refractivity contribution in [3.05, 3.63) is 17.5 Å². The Bertz CT molecular complexity index is 293. The molecule has 72 valence electrons. The van der Waals surface area contributed by atoms with Crippen molar-refractivity contribution < 1.29 is 9.90 Å². The van der Waals surface area contributed by atoms with Crippen molar-refractivity contribution in [2.24, 2.45) is 0 Å². The van der Waals surface area contributed by atoms with E-state index in [4.69, 9.17) is 5.11 Å². The van der Waals surface area contributed by atoms with Crippen LogP contribution in [-0.4, -0.2) is 27.3 Å². The van der Waals surface area contributed by atoms with Crippen molar-refractivity contribution in [3.8, 4) is 0 Å². The molecule has 1 heterocycles. The second-order valence-corrected chi connectivity index (χ2v) is 3.10. The van der Waals surface area contributed by atoms with Crippen LogP contribution in [0.3, 0.4) is 0 Å². The zero-order valence-electron chi connectivity index (χ0n) is 7.66. The lowest BCUT2D eigenvalue weighted by Gasteiger charge is -2.05. The monoisotopic (exact) mass is 183 g/mol. The summed E-state index contributed by atoms with van der Waals surface area (Å²) in [6.45, 7) is 4.52. The largest absolute Gasteiger partial charge is 0.476 e. The first-order chi connectivity index (χ1) is 6.11. The van der Waals surface area contributed by atoms with E-state index in [1.165, 1.54) is 0 Å². The molecule has 3 N–H and O–H groups in total. The van der Waals surface area contributed by atoms with E-state index in [1.54, 1.807) is 6.20 Å². The highest BCUT2D eigenvalue weighted by atomic mass is 16.4. The molecular weight excluding hydrogens is 170 g/mol. The Morgan fingerprint density at radius 2 is 2.46 bits per heavy atom. The highest BCUT2D eigenvalue weighted by molar-refractivity contribution is 5.86. The Morgan fingerprint density at radius 3 is 3.00 bits per heavy atom. The van der Waals surface area contributed by atoms with Crippen LogP contribution in [-0.2, 0) is 6.54 Å². The Morgan fingerprint density at radius 1 is 1.77 bits per heavy atom. The molecule has 5 nitrogen and oxygen atoms in total. The number of hydrogen-bond donors (Lipinski definition) is 3. The normalized spacial score (nSPS) is 10.7. The fourth-order valence-corrected chi connectivity index (χ4v) is 0.949. The van der Waals surface area contributed by atoms with Crippen LogP contribution in [0.4, 0.5) is 0 Å². The molecule has 13 heavy (non-hydrogen) atoms. The Hall–Kier alpha value is -1.36. The van der Waals surface area contributed by atoms with Gasteiger partial charge in [-0.05, 0) is 0 Å². The number of rotatable bonds is 4. The number of nitrogens with zero attached hydrogens (tertiary/aromatic N) is 1. The summed E-state index contributed by atoms with van der Waals surface area (Å²) < 4.78 is 0. The molecule has 0 aromatic carbocycles. The van der Waals surface area contributed by atoms with Gasteiger partial charge in [-0.25, -0.2) is 4.79 Å². The number of carboxylic acids is 1. The third-order valence-electron chi connectivity index (χ3n) is 1.62. The van der Waals surface area contributed by atoms with Crippen LogP contribution >= 0.6 is 0 Å². The smallest absolute Gasteiger partial charge is 0.356 e. The first-order valence-electron chi connectivity index (χ1n) is 4.10. The van der Waals surface area contributed by atoms with Crippen molar-refractivity contribution in [1.29, 1.82) is 0 Å². The van der Waals surface area contributed by atoms with Gasteiger partial charge in [-0.3, -0.25) is 5.10 Å². The first-order valence-corrected chi connectivity index (χ1v) is 4.10. The average Bonchev–Trinajstić information content (AvgIpc) is 2.47. The predicted octanol–water partition coefficient (Wildman–Crippen LogP) is 0.606. The number of carbonyl (C=O) groups is 1. The molecule has 0 unspecified atom stereocenters. The molecule has 1 aromatic heterocycles. The van der Waals surface area contributed by atoms with E-state index < -0.39 is 5.97 Å². The summed E-state index contributed by atoms with van der Waals surface area (Å²) in [5.74, 6) is -0.998. The van der Waals surface area contributed by atoms with Gasteiger partial charge in [0.1, 0.15) is 0 Å². The van der Waals surface area contributed by atoms with Crippen molar-refractivity contribution >= 4 is 5.97 Å². The third kappa shape index (κ3) is 2.55. The molecule has 1 aromatic rings. The Labute approximate surface area is 76.2 Å². The Kier molecular flexibility index (Phi) is 3.02. The molecule has 0 radical (unpaired) electrons. The maximum Gasteiger partial charge on any atom is 0.356 e. The van der Waals surface area contributed by atoms with Crippen molar-refractivity contribution in [2.75, 3.05) is 0 Å². The quantitative estimate of drug-likeness (QED) is 0.639. The predicted molar refractivity (Wildman–Crippen MR) is 47.5 cm³/mol. The van der Waals surface area contributed by atoms with Crippen LogP contribution in [0.1, 0.15) is 29.9 Å². The Balaban J connectivity index is 2.65. The number of hydrogen-bond acceptors (Lipinski definition) is 3. The minimum absolute atomic E-state index is 0.0909. The van der Waals surface area contributed by atoms with Gasteiger partial charge >= 0.3 is 5.97 Å². The SMILES string of the molecule is CC(C)NCc1c[nH]nc1C(=O)O. The second-order valence-electron chi connectivity index (χ2n) is 3.10. The standard InChI is InChI=1S/C8H13N3O2/c1-5(2)9-3-6-4-10-11-7(6)8(12)13/h4-5,9H,3H2,1-2H3,(H,10,11)(H,12,13). The maximum atomic E-state index is 10.6. The zero-order chi connectivity index (χ0) is 9.84. The lowest BCUT2D eigenvalue weighted by molar-refractivity contribution is 0.0689. The van der Waals surface area contributed by atoms with Gasteiger partial charge in [-0.2, -0.15) is 5.10 Å². The van der Waals surface area contributed by atoms with E-state index in [0.29, 0.717) is 18.2 Å². The van der Waals surface area contributed by atoms with Crippen LogP contribution in [0.2, 0.25) is 0 Å². The first kappa shape index (κ1) is 9.73. The number of nitrogens with one attached hydrogen (secondary N) is 2. The molecule has 0 aliphatic heterocycles. The fourth-order valence-electron chi connectivity index (χ4n) is 0.949. The number of H-pyrrole nitrogens is 1. The fraction of sp³-hybridized carbons (Fsp3) is 0.500. The van der Waals surface area contributed by atoms with Gasteiger partial charge in [0.2, 0.25) is 0 Å². The summed E-state index contributed by atoms with van der Waals surface area (Å²) >= 11 is 0. The van der Waals surface area contributed by atoms with Crippen molar-refractivity contribution in [2.45, 2.75) is 26.4 Å². The maximum absolute atomic E-state index is 10.6. The number of carboxylic acid groups (broad SMARTS) is 1. The molecule has 0 saturated carbocycles. The minimum atomic E-state index is -0.998. The highest BCUT2D eigenvalue weighted by Crippen LogP contribution is 2.03. The highest BCUT2D eigenvalue weighted by Gasteiger charge is 2.12. The van der Waals surface area contributed by atoms with E-state index in [9.17, 15) is 4.79 Å². The molecule has 0 aliphatic carbocycles. The molecule has 0 spiro atoms. The van der Waals surface area contributed by atoms with Gasteiger partial charge in [-0.15, -0.1) is 0 Å². The van der Waals surface area contributed by atoms with Crippen LogP contribution in [0.15, 0.2) is 6.20 Å². The molecule has 0 atom stereocenters. The van der Waals surface area contributed by atoms with Crippen molar-refractivity contribution in [3.63, 3.8) is 0 Å². The lowest BCUT2D eigenvalue weighted by atomic mass is 10.2. The summed E-state index contributed by atoms with van der Waals surface area (Å²) in [6.07, 6.45) is 1.60. The van der Waals surface area contributed by atoms with Gasteiger partial charge in [0, 0.05) is 24.3 Å². The second kappa shape index (κ2) is 4.04. The van der Waals surface area contributed by atoms with Gasteiger partial charge in [-0.1, -0.05) is 13.8 Å². The average molecular weight is 183 g/mol. The molecule has 0 fully saturated rings. The van der Waals surface area contributed by atoms with Gasteiger partial charge in [0.25, 0.3) is 0 Å². The van der Waals surface area contributed by atoms with E-state index in [-0.39, 0.29) is 5.69 Å². The molecule has 0 aliphatic rings. The molecule has 0 saturated heterocycles. The molecule has 1 rings (SSSR count). The molecule has 0 bridgehead atoms. The van der Waals surface area contributed by atoms with Crippen molar-refractivity contribution in [1.82, 2.24) is 15.5 Å². The topological polar surface area (TPSA) is 78.0 Å². The molecule has 0 amide bonds. The van der Waals surface area contributed by atoms with Crippen LogP contribution in [0, 0.1) is 0 Å². The third-order valence-corrected chi connectivity index (χ3v) is 1.62. The van der Waals surface area contributed by atoms with E-state index >= 15 is 0 Å². The summed E-state index contributed by atoms with van der Waals surface area (Å²) in [7, 11) is 0. The van der Waals surface area contributed by atoms with Gasteiger partial charge in [0.15, 0.2) is 5.69 Å². The van der Waals surface area contributed by atoms with E-state index in [0.717, 1.165) is 0 Å². The summed E-state index contributed by atoms with van der Waals surface area (Å²) in [4.78, 5) is 10.6. The van der Waals surface area contributed by atoms with Crippen LogP contribution in [0.5, 0.6) is 0 Å². The van der Waals surface area contributed by atoms with E-state index in [2.05, 4.69) is 15.5 Å². The van der Waals surface area contributed by atoms with E-state index in [1.807, 2.05) is 13.8 Å². The van der Waals surface area contributed by atoms with Crippen LogP contribution in [0.25, 0.3) is 0 Å². The number of aromatic carboxylic acids is 1. The minimum Gasteiger partial charge on any atom is -0.476 e. The van der Waals surface area contributed by atoms with Gasteiger partial charge < -0.3 is 10.4 Å². The lowest BCUT2D eigenvalue weighted by Crippen LogP contribution is -2.22. The summed E-state index contributed by atoms with van der Waals surface area (Å²) in [6, 6.07) is 0.330.